The Morgan fingerprint density at radius 2 is 1.65 bits per heavy atom. The van der Waals surface area contributed by atoms with Crippen molar-refractivity contribution in [1.29, 1.82) is 0 Å². The van der Waals surface area contributed by atoms with Gasteiger partial charge in [-0.3, -0.25) is 9.59 Å². The fraction of sp³-hybridized carbons (Fsp3) is 0.400. The molecule has 0 fully saturated rings. The van der Waals surface area contributed by atoms with E-state index in [2.05, 4.69) is 10.6 Å². The number of ether oxygens (including phenoxy) is 1. The zero-order valence-electron chi connectivity index (χ0n) is 18.9. The van der Waals surface area contributed by atoms with Crippen LogP contribution < -0.4 is 10.6 Å². The van der Waals surface area contributed by atoms with Crippen molar-refractivity contribution in [2.45, 2.75) is 50.5 Å². The third-order valence-electron chi connectivity index (χ3n) is 5.69. The number of nitrogens with one attached hydrogen (secondary N) is 2. The van der Waals surface area contributed by atoms with Crippen molar-refractivity contribution in [3.8, 4) is 11.1 Å². The van der Waals surface area contributed by atoms with Crippen LogP contribution in [0.3, 0.4) is 0 Å². The lowest BCUT2D eigenvalue weighted by atomic mass is 9.98. The molecule has 9 heteroatoms. The molecule has 0 aliphatic heterocycles. The molecule has 182 valence electrons. The number of alkyl carbamates (subject to hydrolysis) is 1. The molecular weight excluding hydrogens is 446 g/mol. The summed E-state index contributed by atoms with van der Waals surface area (Å²) in [5.74, 6) is -4.78. The minimum absolute atomic E-state index is 0.0157. The minimum Gasteiger partial charge on any atom is -0.481 e. The van der Waals surface area contributed by atoms with Gasteiger partial charge in [0, 0.05) is 25.3 Å². The van der Waals surface area contributed by atoms with Crippen LogP contribution in [0.4, 0.5) is 13.6 Å². The molecule has 2 amide bonds. The average Bonchev–Trinajstić information content (AvgIpc) is 3.11. The maximum Gasteiger partial charge on any atom is 0.407 e. The van der Waals surface area contributed by atoms with Crippen LogP contribution in [0.1, 0.15) is 49.7 Å². The van der Waals surface area contributed by atoms with Gasteiger partial charge in [-0.2, -0.15) is 0 Å². The summed E-state index contributed by atoms with van der Waals surface area (Å²) in [5, 5.41) is 13.8. The fourth-order valence-electron chi connectivity index (χ4n) is 4.05. The Balaban J connectivity index is 1.59. The van der Waals surface area contributed by atoms with Crippen LogP contribution in [0.5, 0.6) is 0 Å². The highest BCUT2D eigenvalue weighted by molar-refractivity contribution is 5.86. The van der Waals surface area contributed by atoms with Crippen molar-refractivity contribution in [2.75, 3.05) is 13.2 Å². The van der Waals surface area contributed by atoms with Crippen LogP contribution in [0.2, 0.25) is 0 Å². The predicted octanol–water partition coefficient (Wildman–Crippen LogP) is 4.31. The number of carboxylic acids is 1. The summed E-state index contributed by atoms with van der Waals surface area (Å²) in [5.41, 5.74) is 4.21. The molecule has 0 saturated heterocycles. The molecular formula is C25H28F2N2O5. The number of rotatable bonds is 11. The summed E-state index contributed by atoms with van der Waals surface area (Å²) < 4.78 is 31.3. The quantitative estimate of drug-likeness (QED) is 0.421. The zero-order chi connectivity index (χ0) is 24.7. The van der Waals surface area contributed by atoms with Crippen molar-refractivity contribution < 1.29 is 33.0 Å². The first-order valence-corrected chi connectivity index (χ1v) is 11.1. The average molecular weight is 475 g/mol. The number of alkyl halides is 2. The SMILES string of the molecule is CC(F)(F)CCCNC(=O)C(CCC(=O)O)NC(=O)OCC1c2ccccc2-c2ccccc21. The molecule has 1 aliphatic rings. The largest absolute Gasteiger partial charge is 0.481 e. The molecule has 0 radical (unpaired) electrons. The summed E-state index contributed by atoms with van der Waals surface area (Å²) in [7, 11) is 0. The van der Waals surface area contributed by atoms with E-state index in [1.165, 1.54) is 0 Å². The molecule has 1 atom stereocenters. The molecule has 3 rings (SSSR count). The number of aliphatic carboxylic acids is 1. The van der Waals surface area contributed by atoms with E-state index >= 15 is 0 Å². The molecule has 0 bridgehead atoms. The number of fused-ring (bicyclic) bond motifs is 3. The smallest absolute Gasteiger partial charge is 0.407 e. The second-order valence-electron chi connectivity index (χ2n) is 8.42. The minimum atomic E-state index is -2.84. The zero-order valence-corrected chi connectivity index (χ0v) is 18.9. The van der Waals surface area contributed by atoms with Gasteiger partial charge in [0.15, 0.2) is 0 Å². The molecule has 0 heterocycles. The molecule has 2 aromatic rings. The summed E-state index contributed by atoms with van der Waals surface area (Å²) >= 11 is 0. The van der Waals surface area contributed by atoms with E-state index in [0.717, 1.165) is 29.2 Å². The molecule has 0 spiro atoms. The molecule has 2 aromatic carbocycles. The lowest BCUT2D eigenvalue weighted by molar-refractivity contribution is -0.137. The first kappa shape index (κ1) is 25.1. The second-order valence-corrected chi connectivity index (χ2v) is 8.42. The lowest BCUT2D eigenvalue weighted by Gasteiger charge is -2.19. The van der Waals surface area contributed by atoms with Gasteiger partial charge in [-0.05, 0) is 42.0 Å². The lowest BCUT2D eigenvalue weighted by Crippen LogP contribution is -2.47. The van der Waals surface area contributed by atoms with Crippen LogP contribution in [-0.2, 0) is 14.3 Å². The summed E-state index contributed by atoms with van der Waals surface area (Å²) in [4.78, 5) is 35.9. The Morgan fingerprint density at radius 3 is 2.21 bits per heavy atom. The number of hydrogen-bond donors (Lipinski definition) is 3. The number of carbonyl (C=O) groups is 3. The number of halogens is 2. The predicted molar refractivity (Wildman–Crippen MR) is 122 cm³/mol. The Labute approximate surface area is 196 Å². The van der Waals surface area contributed by atoms with Crippen molar-refractivity contribution in [2.24, 2.45) is 0 Å². The first-order chi connectivity index (χ1) is 16.2. The van der Waals surface area contributed by atoms with Gasteiger partial charge >= 0.3 is 12.1 Å². The van der Waals surface area contributed by atoms with Crippen LogP contribution in [-0.4, -0.2) is 48.2 Å². The normalized spacial score (nSPS) is 13.5. The number of hydrogen-bond acceptors (Lipinski definition) is 4. The molecule has 0 saturated carbocycles. The van der Waals surface area contributed by atoms with Crippen molar-refractivity contribution in [3.05, 3.63) is 59.7 Å². The van der Waals surface area contributed by atoms with Gasteiger partial charge < -0.3 is 20.5 Å². The van der Waals surface area contributed by atoms with E-state index in [1.54, 1.807) is 0 Å². The summed E-state index contributed by atoms with van der Waals surface area (Å²) in [6, 6.07) is 14.5. The van der Waals surface area contributed by atoms with Gasteiger partial charge in [-0.25, -0.2) is 13.6 Å². The van der Waals surface area contributed by atoms with Crippen LogP contribution >= 0.6 is 0 Å². The van der Waals surface area contributed by atoms with Crippen LogP contribution in [0.25, 0.3) is 11.1 Å². The van der Waals surface area contributed by atoms with Gasteiger partial charge in [0.25, 0.3) is 0 Å². The summed E-state index contributed by atoms with van der Waals surface area (Å²) in [6.07, 6.45) is -1.71. The molecule has 7 nitrogen and oxygen atoms in total. The monoisotopic (exact) mass is 474 g/mol. The van der Waals surface area contributed by atoms with E-state index in [0.29, 0.717) is 0 Å². The van der Waals surface area contributed by atoms with Gasteiger partial charge in [0.05, 0.1) is 0 Å². The topological polar surface area (TPSA) is 105 Å². The van der Waals surface area contributed by atoms with Crippen molar-refractivity contribution >= 4 is 18.0 Å². The van der Waals surface area contributed by atoms with E-state index in [4.69, 9.17) is 9.84 Å². The highest BCUT2D eigenvalue weighted by Gasteiger charge is 2.30. The summed E-state index contributed by atoms with van der Waals surface area (Å²) in [6.45, 7) is 0.820. The highest BCUT2D eigenvalue weighted by Crippen LogP contribution is 2.44. The third-order valence-corrected chi connectivity index (χ3v) is 5.69. The van der Waals surface area contributed by atoms with Gasteiger partial charge in [-0.15, -0.1) is 0 Å². The van der Waals surface area contributed by atoms with E-state index in [1.807, 2.05) is 48.5 Å². The Hall–Kier alpha value is -3.49. The molecule has 3 N–H and O–H groups in total. The maximum atomic E-state index is 12.9. The van der Waals surface area contributed by atoms with Gasteiger partial charge in [0.2, 0.25) is 11.8 Å². The van der Waals surface area contributed by atoms with Gasteiger partial charge in [-0.1, -0.05) is 48.5 Å². The van der Waals surface area contributed by atoms with Crippen molar-refractivity contribution in [3.63, 3.8) is 0 Å². The molecule has 34 heavy (non-hydrogen) atoms. The van der Waals surface area contributed by atoms with Crippen molar-refractivity contribution in [1.82, 2.24) is 10.6 Å². The van der Waals surface area contributed by atoms with Crippen LogP contribution in [0.15, 0.2) is 48.5 Å². The first-order valence-electron chi connectivity index (χ1n) is 11.1. The Kier molecular flexibility index (Phi) is 8.20. The number of carboxylic acid groups (broad SMARTS) is 1. The second kappa shape index (κ2) is 11.1. The molecule has 0 aromatic heterocycles. The maximum absolute atomic E-state index is 12.9. The Bertz CT molecular complexity index is 992. The number of amides is 2. The highest BCUT2D eigenvalue weighted by atomic mass is 19.3. The van der Waals surface area contributed by atoms with Gasteiger partial charge in [0.1, 0.15) is 12.6 Å². The van der Waals surface area contributed by atoms with E-state index in [-0.39, 0.29) is 38.3 Å². The Morgan fingerprint density at radius 1 is 1.06 bits per heavy atom. The third kappa shape index (κ3) is 6.76. The number of benzene rings is 2. The number of carbonyl (C=O) groups excluding carboxylic acids is 2. The molecule has 1 unspecified atom stereocenters. The van der Waals surface area contributed by atoms with E-state index in [9.17, 15) is 23.2 Å². The standard InChI is InChI=1S/C25H28F2N2O5/c1-25(26,27)13-6-14-28-23(32)21(11-12-22(30)31)29-24(33)34-15-20-18-9-4-2-7-16(18)17-8-3-5-10-19(17)20/h2-5,7-10,20-21H,6,11-15H2,1H3,(H,28,32)(H,29,33)(H,30,31). The van der Waals surface area contributed by atoms with E-state index < -0.39 is 36.4 Å². The van der Waals surface area contributed by atoms with Crippen LogP contribution in [0, 0.1) is 0 Å². The molecule has 1 aliphatic carbocycles. The fourth-order valence-corrected chi connectivity index (χ4v) is 4.05.